The third-order valence-corrected chi connectivity index (χ3v) is 2.27. The summed E-state index contributed by atoms with van der Waals surface area (Å²) < 4.78 is 53.2. The fourth-order valence-corrected chi connectivity index (χ4v) is 1.49. The third-order valence-electron chi connectivity index (χ3n) is 2.27. The van der Waals surface area contributed by atoms with Crippen LogP contribution in [0.15, 0.2) is 36.5 Å². The number of rotatable bonds is 2. The minimum Gasteiger partial charge on any atom is -0.406 e. The molecular formula is C12H8F4N2O. The quantitative estimate of drug-likeness (QED) is 0.853. The molecule has 0 bridgehead atoms. The number of hydrogen-bond donors (Lipinski definition) is 1. The Labute approximate surface area is 105 Å². The molecule has 0 saturated carbocycles. The van der Waals surface area contributed by atoms with Crippen molar-refractivity contribution in [2.24, 2.45) is 0 Å². The number of nitrogen functional groups attached to an aromatic ring is 1. The van der Waals surface area contributed by atoms with E-state index in [0.717, 1.165) is 18.2 Å². The Balaban J connectivity index is 2.27. The predicted octanol–water partition coefficient (Wildman–Crippen LogP) is 3.37. The van der Waals surface area contributed by atoms with E-state index in [1.54, 1.807) is 0 Å². The molecule has 0 atom stereocenters. The topological polar surface area (TPSA) is 48.1 Å². The molecule has 0 radical (unpaired) electrons. The monoisotopic (exact) mass is 272 g/mol. The first-order valence-electron chi connectivity index (χ1n) is 5.12. The Morgan fingerprint density at radius 3 is 2.26 bits per heavy atom. The Bertz CT molecular complexity index is 581. The summed E-state index contributed by atoms with van der Waals surface area (Å²) in [5, 5.41) is 0. The zero-order valence-corrected chi connectivity index (χ0v) is 9.41. The summed E-state index contributed by atoms with van der Waals surface area (Å²) in [7, 11) is 0. The lowest BCUT2D eigenvalue weighted by atomic mass is 10.1. The second-order valence-corrected chi connectivity index (χ2v) is 3.66. The van der Waals surface area contributed by atoms with Crippen molar-refractivity contribution in [3.63, 3.8) is 0 Å². The summed E-state index contributed by atoms with van der Waals surface area (Å²) in [4.78, 5) is 3.72. The number of ether oxygens (including phenoxy) is 1. The van der Waals surface area contributed by atoms with Crippen molar-refractivity contribution in [3.05, 3.63) is 42.3 Å². The Hall–Kier alpha value is -2.31. The van der Waals surface area contributed by atoms with Gasteiger partial charge in [-0.05, 0) is 17.7 Å². The van der Waals surface area contributed by atoms with Gasteiger partial charge in [-0.3, -0.25) is 0 Å². The molecule has 7 heteroatoms. The highest BCUT2D eigenvalue weighted by molar-refractivity contribution is 5.65. The average molecular weight is 272 g/mol. The van der Waals surface area contributed by atoms with Crippen LogP contribution in [0.25, 0.3) is 11.1 Å². The predicted molar refractivity (Wildman–Crippen MR) is 60.7 cm³/mol. The van der Waals surface area contributed by atoms with Gasteiger partial charge in [0.15, 0.2) is 0 Å². The fourth-order valence-electron chi connectivity index (χ4n) is 1.49. The van der Waals surface area contributed by atoms with Crippen LogP contribution in [0.2, 0.25) is 0 Å². The Morgan fingerprint density at radius 1 is 1.11 bits per heavy atom. The first-order chi connectivity index (χ1) is 8.85. The van der Waals surface area contributed by atoms with Crippen LogP contribution in [-0.4, -0.2) is 11.3 Å². The van der Waals surface area contributed by atoms with Gasteiger partial charge in [-0.15, -0.1) is 13.2 Å². The molecule has 1 aromatic carbocycles. The molecule has 2 rings (SSSR count). The van der Waals surface area contributed by atoms with E-state index in [1.807, 2.05) is 0 Å². The molecule has 0 amide bonds. The van der Waals surface area contributed by atoms with E-state index >= 15 is 0 Å². The van der Waals surface area contributed by atoms with Crippen molar-refractivity contribution in [2.45, 2.75) is 6.36 Å². The normalized spacial score (nSPS) is 11.4. The number of halogens is 4. The summed E-state index contributed by atoms with van der Waals surface area (Å²) in [6, 6.07) is 5.83. The largest absolute Gasteiger partial charge is 0.573 e. The van der Waals surface area contributed by atoms with Crippen LogP contribution in [0.5, 0.6) is 5.75 Å². The first kappa shape index (κ1) is 13.1. The average Bonchev–Trinajstić information content (AvgIpc) is 2.28. The minimum atomic E-state index is -4.75. The highest BCUT2D eigenvalue weighted by atomic mass is 19.4. The summed E-state index contributed by atoms with van der Waals surface area (Å²) >= 11 is 0. The van der Waals surface area contributed by atoms with E-state index < -0.39 is 12.2 Å². The second-order valence-electron chi connectivity index (χ2n) is 3.66. The molecule has 100 valence electrons. The van der Waals surface area contributed by atoms with Gasteiger partial charge in [0.25, 0.3) is 0 Å². The van der Waals surface area contributed by atoms with Crippen LogP contribution in [0.4, 0.5) is 23.4 Å². The lowest BCUT2D eigenvalue weighted by molar-refractivity contribution is -0.274. The van der Waals surface area contributed by atoms with Crippen molar-refractivity contribution < 1.29 is 22.3 Å². The van der Waals surface area contributed by atoms with Crippen LogP contribution in [0.3, 0.4) is 0 Å². The molecule has 0 saturated heterocycles. The molecule has 0 aliphatic heterocycles. The molecule has 1 heterocycles. The van der Waals surface area contributed by atoms with Crippen LogP contribution in [0.1, 0.15) is 0 Å². The Morgan fingerprint density at radius 2 is 1.74 bits per heavy atom. The number of aromatic nitrogens is 1. The van der Waals surface area contributed by atoms with Crippen molar-refractivity contribution in [3.8, 4) is 16.9 Å². The fraction of sp³-hybridized carbons (Fsp3) is 0.0833. The van der Waals surface area contributed by atoms with Gasteiger partial charge in [0.2, 0.25) is 0 Å². The number of pyridine rings is 1. The highest BCUT2D eigenvalue weighted by Crippen LogP contribution is 2.27. The molecule has 0 fully saturated rings. The van der Waals surface area contributed by atoms with Gasteiger partial charge in [0.1, 0.15) is 17.4 Å². The second kappa shape index (κ2) is 4.75. The third kappa shape index (κ3) is 3.34. The number of alkyl halides is 3. The first-order valence-corrected chi connectivity index (χ1v) is 5.12. The molecule has 2 aromatic rings. The van der Waals surface area contributed by atoms with E-state index in [2.05, 4.69) is 9.72 Å². The number of hydrogen-bond acceptors (Lipinski definition) is 3. The van der Waals surface area contributed by atoms with Crippen molar-refractivity contribution in [2.75, 3.05) is 5.73 Å². The van der Waals surface area contributed by atoms with Gasteiger partial charge in [0.05, 0.1) is 0 Å². The van der Waals surface area contributed by atoms with Crippen molar-refractivity contribution in [1.82, 2.24) is 4.98 Å². The molecule has 0 spiro atoms. The molecule has 0 unspecified atom stereocenters. The van der Waals surface area contributed by atoms with Crippen LogP contribution in [0, 0.1) is 5.82 Å². The lowest BCUT2D eigenvalue weighted by Crippen LogP contribution is -2.16. The van der Waals surface area contributed by atoms with Crippen LogP contribution in [-0.2, 0) is 0 Å². The maximum absolute atomic E-state index is 13.6. The maximum atomic E-state index is 13.6. The molecule has 2 N–H and O–H groups in total. The van der Waals surface area contributed by atoms with Gasteiger partial charge < -0.3 is 10.5 Å². The standard InChI is InChI=1S/C12H8F4N2O/c13-10-5-11(17)18-6-9(10)7-1-3-8(4-2-7)19-12(14,15)16/h1-6H,(H2,17,18). The maximum Gasteiger partial charge on any atom is 0.573 e. The molecule has 1 aromatic heterocycles. The van der Waals surface area contributed by atoms with E-state index in [4.69, 9.17) is 5.73 Å². The van der Waals surface area contributed by atoms with Crippen molar-refractivity contribution >= 4 is 5.82 Å². The SMILES string of the molecule is Nc1cc(F)c(-c2ccc(OC(F)(F)F)cc2)cn1. The highest BCUT2D eigenvalue weighted by Gasteiger charge is 2.30. The number of nitrogens with zero attached hydrogens (tertiary/aromatic N) is 1. The van der Waals surface area contributed by atoms with Crippen LogP contribution >= 0.6 is 0 Å². The van der Waals surface area contributed by atoms with Gasteiger partial charge in [0, 0.05) is 17.8 Å². The van der Waals surface area contributed by atoms with Crippen LogP contribution < -0.4 is 10.5 Å². The van der Waals surface area contributed by atoms with E-state index in [9.17, 15) is 17.6 Å². The minimum absolute atomic E-state index is 0.0262. The zero-order valence-electron chi connectivity index (χ0n) is 9.41. The molecule has 3 nitrogen and oxygen atoms in total. The lowest BCUT2D eigenvalue weighted by Gasteiger charge is -2.09. The van der Waals surface area contributed by atoms with E-state index in [0.29, 0.717) is 5.56 Å². The molecule has 19 heavy (non-hydrogen) atoms. The summed E-state index contributed by atoms with van der Waals surface area (Å²) in [5.74, 6) is -0.949. The number of nitrogens with two attached hydrogens (primary N) is 1. The molecule has 0 aliphatic carbocycles. The van der Waals surface area contributed by atoms with Crippen molar-refractivity contribution in [1.29, 1.82) is 0 Å². The molecular weight excluding hydrogens is 264 g/mol. The summed E-state index contributed by atoms with van der Waals surface area (Å²) in [5.41, 5.74) is 5.82. The van der Waals surface area contributed by atoms with E-state index in [1.165, 1.54) is 18.3 Å². The van der Waals surface area contributed by atoms with Gasteiger partial charge in [-0.25, -0.2) is 9.37 Å². The number of anilines is 1. The zero-order chi connectivity index (χ0) is 14.0. The van der Waals surface area contributed by atoms with Gasteiger partial charge >= 0.3 is 6.36 Å². The molecule has 0 aliphatic rings. The van der Waals surface area contributed by atoms with Gasteiger partial charge in [-0.1, -0.05) is 12.1 Å². The summed E-state index contributed by atoms with van der Waals surface area (Å²) in [6.07, 6.45) is -3.54. The smallest absolute Gasteiger partial charge is 0.406 e. The number of benzene rings is 1. The van der Waals surface area contributed by atoms with E-state index in [-0.39, 0.29) is 17.1 Å². The Kier molecular flexibility index (Phi) is 3.28. The summed E-state index contributed by atoms with van der Waals surface area (Å²) in [6.45, 7) is 0. The van der Waals surface area contributed by atoms with Gasteiger partial charge in [-0.2, -0.15) is 0 Å².